The van der Waals surface area contributed by atoms with Gasteiger partial charge in [0.25, 0.3) is 0 Å². The number of aryl methyl sites for hydroxylation is 3. The lowest BCUT2D eigenvalue weighted by atomic mass is 10.0. The molecule has 6 nitrogen and oxygen atoms in total. The highest BCUT2D eigenvalue weighted by molar-refractivity contribution is 7.15. The second-order valence-electron chi connectivity index (χ2n) is 6.99. The van der Waals surface area contributed by atoms with Crippen molar-refractivity contribution in [1.82, 2.24) is 24.8 Å². The molecule has 0 aliphatic carbocycles. The number of anilines is 2. The van der Waals surface area contributed by atoms with Crippen molar-refractivity contribution >= 4 is 33.6 Å². The lowest BCUT2D eigenvalue weighted by Gasteiger charge is -2.34. The zero-order valence-electron chi connectivity index (χ0n) is 15.9. The number of hydrogen-bond donors (Lipinski definition) is 1. The molecule has 4 heterocycles. The summed E-state index contributed by atoms with van der Waals surface area (Å²) in [5.41, 5.74) is 2.12. The van der Waals surface area contributed by atoms with E-state index in [0.717, 1.165) is 52.7 Å². The van der Waals surface area contributed by atoms with E-state index in [1.54, 1.807) is 22.7 Å². The van der Waals surface area contributed by atoms with Crippen LogP contribution < -0.4 is 5.32 Å². The molecule has 1 aliphatic rings. The summed E-state index contributed by atoms with van der Waals surface area (Å²) in [7, 11) is 0. The van der Waals surface area contributed by atoms with Gasteiger partial charge in [-0.1, -0.05) is 6.42 Å². The summed E-state index contributed by atoms with van der Waals surface area (Å²) in [6.45, 7) is 8.07. The number of nitrogens with one attached hydrogen (secondary N) is 1. The van der Waals surface area contributed by atoms with E-state index in [-0.39, 0.29) is 6.04 Å². The third-order valence-electron chi connectivity index (χ3n) is 4.67. The minimum atomic E-state index is 0.235. The van der Waals surface area contributed by atoms with Crippen LogP contribution in [0, 0.1) is 20.8 Å². The van der Waals surface area contributed by atoms with Crippen molar-refractivity contribution in [2.24, 2.45) is 0 Å². The second-order valence-corrected chi connectivity index (χ2v) is 9.29. The Hall–Kier alpha value is -1.90. The van der Waals surface area contributed by atoms with Crippen LogP contribution in [0.1, 0.15) is 52.4 Å². The van der Waals surface area contributed by atoms with Crippen LogP contribution in [0.15, 0.2) is 17.6 Å². The minimum Gasteiger partial charge on any atom is -0.316 e. The van der Waals surface area contributed by atoms with Crippen molar-refractivity contribution < 1.29 is 0 Å². The van der Waals surface area contributed by atoms with E-state index in [0.29, 0.717) is 0 Å². The first kappa shape index (κ1) is 18.5. The maximum atomic E-state index is 4.84. The summed E-state index contributed by atoms with van der Waals surface area (Å²) < 4.78 is 0. The van der Waals surface area contributed by atoms with Gasteiger partial charge in [-0.2, -0.15) is 0 Å². The van der Waals surface area contributed by atoms with Crippen LogP contribution in [-0.4, -0.2) is 31.4 Å². The Labute approximate surface area is 167 Å². The lowest BCUT2D eigenvalue weighted by molar-refractivity contribution is 0.132. The normalized spacial score (nSPS) is 18.0. The first-order valence-electron chi connectivity index (χ1n) is 9.27. The van der Waals surface area contributed by atoms with Gasteiger partial charge in [-0.05, 0) is 40.2 Å². The van der Waals surface area contributed by atoms with Crippen molar-refractivity contribution in [1.29, 1.82) is 0 Å². The SMILES string of the molecule is Cc1cc(Nc2ncc(C)s2)nc(C2CCCCN2Cc2csc(C)n2)n1. The summed E-state index contributed by atoms with van der Waals surface area (Å²) >= 11 is 3.35. The summed E-state index contributed by atoms with van der Waals surface area (Å²) in [6.07, 6.45) is 5.39. The Bertz CT molecular complexity index is 919. The largest absolute Gasteiger partial charge is 0.316 e. The minimum absolute atomic E-state index is 0.235. The third-order valence-corrected chi connectivity index (χ3v) is 6.32. The molecule has 1 saturated heterocycles. The van der Waals surface area contributed by atoms with E-state index in [4.69, 9.17) is 9.97 Å². The van der Waals surface area contributed by atoms with Crippen molar-refractivity contribution in [3.63, 3.8) is 0 Å². The van der Waals surface area contributed by atoms with Gasteiger partial charge in [0.15, 0.2) is 5.13 Å². The molecule has 1 N–H and O–H groups in total. The topological polar surface area (TPSA) is 66.8 Å². The fourth-order valence-electron chi connectivity index (χ4n) is 3.49. The van der Waals surface area contributed by atoms with Crippen LogP contribution in [0.3, 0.4) is 0 Å². The summed E-state index contributed by atoms with van der Waals surface area (Å²) in [4.78, 5) is 22.3. The molecule has 1 fully saturated rings. The molecule has 27 heavy (non-hydrogen) atoms. The molecule has 1 aliphatic heterocycles. The van der Waals surface area contributed by atoms with Gasteiger partial charge in [0.2, 0.25) is 0 Å². The molecule has 0 radical (unpaired) electrons. The van der Waals surface area contributed by atoms with Gasteiger partial charge in [0.05, 0.1) is 16.7 Å². The highest BCUT2D eigenvalue weighted by Crippen LogP contribution is 2.31. The van der Waals surface area contributed by atoms with Gasteiger partial charge in [-0.15, -0.1) is 22.7 Å². The van der Waals surface area contributed by atoms with E-state index in [2.05, 4.69) is 39.4 Å². The van der Waals surface area contributed by atoms with E-state index in [9.17, 15) is 0 Å². The number of thiazole rings is 2. The molecule has 0 spiro atoms. The Morgan fingerprint density at radius 1 is 1.19 bits per heavy atom. The van der Waals surface area contributed by atoms with Crippen LogP contribution in [0.25, 0.3) is 0 Å². The number of nitrogens with zero attached hydrogens (tertiary/aromatic N) is 5. The van der Waals surface area contributed by atoms with Crippen LogP contribution >= 0.6 is 22.7 Å². The average molecular weight is 401 g/mol. The predicted octanol–water partition coefficient (Wildman–Crippen LogP) is 4.79. The molecule has 0 saturated carbocycles. The van der Waals surface area contributed by atoms with Gasteiger partial charge in [-0.3, -0.25) is 4.90 Å². The molecule has 1 atom stereocenters. The third kappa shape index (κ3) is 4.51. The van der Waals surface area contributed by atoms with Gasteiger partial charge in [-0.25, -0.2) is 19.9 Å². The molecule has 3 aromatic rings. The molecule has 8 heteroatoms. The van der Waals surface area contributed by atoms with E-state index < -0.39 is 0 Å². The fourth-order valence-corrected chi connectivity index (χ4v) is 4.76. The summed E-state index contributed by atoms with van der Waals surface area (Å²) in [5, 5.41) is 7.49. The maximum Gasteiger partial charge on any atom is 0.188 e. The Balaban J connectivity index is 1.57. The van der Waals surface area contributed by atoms with Gasteiger partial charge in [0, 0.05) is 34.8 Å². The van der Waals surface area contributed by atoms with Crippen LogP contribution in [0.5, 0.6) is 0 Å². The van der Waals surface area contributed by atoms with Crippen molar-refractivity contribution in [2.45, 2.75) is 52.6 Å². The lowest BCUT2D eigenvalue weighted by Crippen LogP contribution is -2.34. The maximum absolute atomic E-state index is 4.84. The molecule has 142 valence electrons. The Kier molecular flexibility index (Phi) is 5.47. The smallest absolute Gasteiger partial charge is 0.188 e. The van der Waals surface area contributed by atoms with Gasteiger partial charge >= 0.3 is 0 Å². The highest BCUT2D eigenvalue weighted by atomic mass is 32.1. The number of hydrogen-bond acceptors (Lipinski definition) is 8. The number of likely N-dealkylation sites (tertiary alicyclic amines) is 1. The predicted molar refractivity (Wildman–Crippen MR) is 111 cm³/mol. The zero-order chi connectivity index (χ0) is 18.8. The number of rotatable bonds is 5. The average Bonchev–Trinajstić information content (AvgIpc) is 3.23. The summed E-state index contributed by atoms with van der Waals surface area (Å²) in [6, 6.07) is 2.22. The number of aromatic nitrogens is 4. The zero-order valence-corrected chi connectivity index (χ0v) is 17.5. The van der Waals surface area contributed by atoms with Crippen LogP contribution in [-0.2, 0) is 6.54 Å². The van der Waals surface area contributed by atoms with Crippen LogP contribution in [0.2, 0.25) is 0 Å². The molecule has 0 amide bonds. The van der Waals surface area contributed by atoms with Crippen LogP contribution in [0.4, 0.5) is 10.9 Å². The fraction of sp³-hybridized carbons (Fsp3) is 0.474. The highest BCUT2D eigenvalue weighted by Gasteiger charge is 2.27. The first-order chi connectivity index (χ1) is 13.1. The second kappa shape index (κ2) is 8.00. The summed E-state index contributed by atoms with van der Waals surface area (Å²) in [5.74, 6) is 1.72. The van der Waals surface area contributed by atoms with Gasteiger partial charge in [0.1, 0.15) is 11.6 Å². The van der Waals surface area contributed by atoms with Crippen molar-refractivity contribution in [3.8, 4) is 0 Å². The molecule has 3 aromatic heterocycles. The quantitative estimate of drug-likeness (QED) is 0.664. The van der Waals surface area contributed by atoms with Crippen molar-refractivity contribution in [2.75, 3.05) is 11.9 Å². The van der Waals surface area contributed by atoms with E-state index in [1.807, 2.05) is 19.2 Å². The first-order valence-corrected chi connectivity index (χ1v) is 11.0. The molecule has 0 aromatic carbocycles. The van der Waals surface area contributed by atoms with E-state index in [1.165, 1.54) is 17.7 Å². The van der Waals surface area contributed by atoms with E-state index >= 15 is 0 Å². The monoisotopic (exact) mass is 400 g/mol. The Morgan fingerprint density at radius 2 is 2.07 bits per heavy atom. The molecule has 1 unspecified atom stereocenters. The standard InChI is InChI=1S/C19H24N6S2/c1-12-8-17(24-19-20-9-13(2)27-19)23-18(21-12)16-6-4-5-7-25(16)10-15-11-26-14(3)22-15/h8-9,11,16H,4-7,10H2,1-3H3,(H,20,21,23,24). The van der Waals surface area contributed by atoms with Gasteiger partial charge < -0.3 is 5.32 Å². The molecular weight excluding hydrogens is 376 g/mol. The molecular formula is C19H24N6S2. The molecule has 0 bridgehead atoms. The molecule has 4 rings (SSSR count). The number of piperidine rings is 1. The van der Waals surface area contributed by atoms with Crippen molar-refractivity contribution in [3.05, 3.63) is 44.7 Å². The Morgan fingerprint density at radius 3 is 2.81 bits per heavy atom.